The number of aliphatic hydroxyl groups excluding tert-OH is 1. The molecule has 1 aliphatic heterocycles. The van der Waals surface area contributed by atoms with Gasteiger partial charge < -0.3 is 15.4 Å². The number of aromatic amines is 1. The minimum atomic E-state index is -0.589. The summed E-state index contributed by atoms with van der Waals surface area (Å²) in [6.07, 6.45) is 2.13. The van der Waals surface area contributed by atoms with E-state index in [2.05, 4.69) is 39.5 Å². The van der Waals surface area contributed by atoms with Gasteiger partial charge in [-0.3, -0.25) is 9.69 Å². The monoisotopic (exact) mass is 349 g/mol. The van der Waals surface area contributed by atoms with E-state index in [1.165, 1.54) is 11.1 Å². The number of amides is 1. The van der Waals surface area contributed by atoms with Crippen molar-refractivity contribution >= 4 is 16.8 Å². The number of nitrogens with one attached hydrogen (secondary N) is 2. The Bertz CT molecular complexity index is 918. The molecule has 1 aromatic heterocycles. The Kier molecular flexibility index (Phi) is 4.73. The summed E-state index contributed by atoms with van der Waals surface area (Å²) >= 11 is 0. The third kappa shape index (κ3) is 3.49. The molecule has 0 fully saturated rings. The van der Waals surface area contributed by atoms with Crippen LogP contribution in [-0.2, 0) is 13.0 Å². The largest absolute Gasteiger partial charge is 0.390 e. The highest BCUT2D eigenvalue weighted by molar-refractivity contribution is 6.06. The molecular formula is C21H23N3O2. The zero-order chi connectivity index (χ0) is 17.9. The maximum Gasteiger partial charge on any atom is 0.253 e. The zero-order valence-electron chi connectivity index (χ0n) is 14.6. The van der Waals surface area contributed by atoms with Crippen LogP contribution in [0, 0.1) is 0 Å². The Labute approximate surface area is 152 Å². The summed E-state index contributed by atoms with van der Waals surface area (Å²) in [6, 6.07) is 16.1. The number of aromatic nitrogens is 1. The normalized spacial score (nSPS) is 15.6. The van der Waals surface area contributed by atoms with E-state index < -0.39 is 6.10 Å². The molecule has 26 heavy (non-hydrogen) atoms. The van der Waals surface area contributed by atoms with Crippen molar-refractivity contribution in [2.75, 3.05) is 19.6 Å². The summed E-state index contributed by atoms with van der Waals surface area (Å²) in [6.45, 7) is 2.59. The molecular weight excluding hydrogens is 326 g/mol. The molecule has 0 bridgehead atoms. The summed E-state index contributed by atoms with van der Waals surface area (Å²) in [7, 11) is 0. The number of benzene rings is 2. The van der Waals surface area contributed by atoms with Gasteiger partial charge in [0.15, 0.2) is 0 Å². The maximum absolute atomic E-state index is 12.4. The highest BCUT2D eigenvalue weighted by Gasteiger charge is 2.19. The fourth-order valence-corrected chi connectivity index (χ4v) is 3.64. The first-order valence-corrected chi connectivity index (χ1v) is 9.02. The summed E-state index contributed by atoms with van der Waals surface area (Å²) in [5.41, 5.74) is 4.27. The van der Waals surface area contributed by atoms with Gasteiger partial charge in [0.25, 0.3) is 5.91 Å². The van der Waals surface area contributed by atoms with Crippen molar-refractivity contribution in [2.45, 2.75) is 19.1 Å². The number of H-pyrrole nitrogens is 1. The van der Waals surface area contributed by atoms with Gasteiger partial charge in [-0.15, -0.1) is 0 Å². The van der Waals surface area contributed by atoms with E-state index in [9.17, 15) is 9.90 Å². The van der Waals surface area contributed by atoms with Crippen LogP contribution in [0.5, 0.6) is 0 Å². The third-order valence-corrected chi connectivity index (χ3v) is 5.01. The van der Waals surface area contributed by atoms with Crippen LogP contribution in [0.4, 0.5) is 0 Å². The molecule has 1 amide bonds. The number of fused-ring (bicyclic) bond motifs is 2. The first-order valence-electron chi connectivity index (χ1n) is 9.02. The molecule has 5 heteroatoms. The number of rotatable bonds is 5. The summed E-state index contributed by atoms with van der Waals surface area (Å²) in [5, 5.41) is 14.1. The highest BCUT2D eigenvalue weighted by Crippen LogP contribution is 2.19. The van der Waals surface area contributed by atoms with Gasteiger partial charge in [-0.25, -0.2) is 0 Å². The lowest BCUT2D eigenvalue weighted by atomic mass is 10.00. The number of hydrogen-bond donors (Lipinski definition) is 3. The van der Waals surface area contributed by atoms with Crippen molar-refractivity contribution in [1.82, 2.24) is 15.2 Å². The van der Waals surface area contributed by atoms with Crippen LogP contribution >= 0.6 is 0 Å². The SMILES string of the molecule is O=C(NC[C@H](O)CN1CCc2ccccc2C1)c1c[nH]c2ccccc12. The van der Waals surface area contributed by atoms with Gasteiger partial charge in [-0.2, -0.15) is 0 Å². The predicted octanol–water partition coefficient (Wildman–Crippen LogP) is 2.32. The van der Waals surface area contributed by atoms with Crippen LogP contribution in [0.25, 0.3) is 10.9 Å². The van der Waals surface area contributed by atoms with E-state index in [1.54, 1.807) is 6.20 Å². The van der Waals surface area contributed by atoms with Crippen LogP contribution < -0.4 is 5.32 Å². The lowest BCUT2D eigenvalue weighted by Crippen LogP contribution is -2.42. The second-order valence-electron chi connectivity index (χ2n) is 6.87. The second-order valence-corrected chi connectivity index (χ2v) is 6.87. The summed E-state index contributed by atoms with van der Waals surface area (Å²) in [4.78, 5) is 17.8. The van der Waals surface area contributed by atoms with Gasteiger partial charge in [0.05, 0.1) is 11.7 Å². The molecule has 0 saturated heterocycles. The Morgan fingerprint density at radius 1 is 1.15 bits per heavy atom. The van der Waals surface area contributed by atoms with E-state index in [0.717, 1.165) is 30.4 Å². The molecule has 0 saturated carbocycles. The molecule has 0 aliphatic carbocycles. The topological polar surface area (TPSA) is 68.4 Å². The molecule has 0 spiro atoms. The van der Waals surface area contributed by atoms with Gasteiger partial charge in [0, 0.05) is 43.3 Å². The number of β-amino-alcohol motifs (C(OH)–C–C–N with tert-alkyl or cyclic N) is 1. The molecule has 3 aromatic rings. The fraction of sp³-hybridized carbons (Fsp3) is 0.286. The van der Waals surface area contributed by atoms with Crippen LogP contribution in [0.2, 0.25) is 0 Å². The van der Waals surface area contributed by atoms with Gasteiger partial charge in [-0.05, 0) is 23.6 Å². The fourth-order valence-electron chi connectivity index (χ4n) is 3.64. The summed E-state index contributed by atoms with van der Waals surface area (Å²) in [5.74, 6) is -0.162. The molecule has 2 aromatic carbocycles. The van der Waals surface area contributed by atoms with Crippen molar-refractivity contribution in [3.63, 3.8) is 0 Å². The second kappa shape index (κ2) is 7.32. The Morgan fingerprint density at radius 2 is 1.92 bits per heavy atom. The van der Waals surface area contributed by atoms with Crippen molar-refractivity contribution in [3.05, 3.63) is 71.4 Å². The molecule has 2 heterocycles. The minimum Gasteiger partial charge on any atom is -0.390 e. The average molecular weight is 349 g/mol. The van der Waals surface area contributed by atoms with E-state index in [4.69, 9.17) is 0 Å². The molecule has 4 rings (SSSR count). The van der Waals surface area contributed by atoms with Crippen LogP contribution in [0.3, 0.4) is 0 Å². The van der Waals surface area contributed by atoms with Crippen molar-refractivity contribution < 1.29 is 9.90 Å². The number of nitrogens with zero attached hydrogens (tertiary/aromatic N) is 1. The van der Waals surface area contributed by atoms with E-state index >= 15 is 0 Å². The molecule has 1 atom stereocenters. The van der Waals surface area contributed by atoms with Crippen LogP contribution in [0.15, 0.2) is 54.7 Å². The zero-order valence-corrected chi connectivity index (χ0v) is 14.6. The van der Waals surface area contributed by atoms with E-state index in [1.807, 2.05) is 24.3 Å². The Balaban J connectivity index is 1.31. The van der Waals surface area contributed by atoms with Crippen LogP contribution in [0.1, 0.15) is 21.5 Å². The molecule has 0 radical (unpaired) electrons. The first kappa shape index (κ1) is 16.8. The van der Waals surface area contributed by atoms with Crippen LogP contribution in [-0.4, -0.2) is 46.6 Å². The van der Waals surface area contributed by atoms with Gasteiger partial charge in [-0.1, -0.05) is 42.5 Å². The third-order valence-electron chi connectivity index (χ3n) is 5.01. The van der Waals surface area contributed by atoms with E-state index in [-0.39, 0.29) is 12.5 Å². The van der Waals surface area contributed by atoms with Crippen molar-refractivity contribution in [2.24, 2.45) is 0 Å². The number of carbonyl (C=O) groups excluding carboxylic acids is 1. The van der Waals surface area contributed by atoms with Crippen molar-refractivity contribution in [3.8, 4) is 0 Å². The summed E-state index contributed by atoms with van der Waals surface area (Å²) < 4.78 is 0. The number of hydrogen-bond acceptors (Lipinski definition) is 3. The lowest BCUT2D eigenvalue weighted by molar-refractivity contribution is 0.0843. The lowest BCUT2D eigenvalue weighted by Gasteiger charge is -2.30. The standard InChI is InChI=1S/C21H23N3O2/c25-17(14-24-10-9-15-5-1-2-6-16(15)13-24)11-23-21(26)19-12-22-20-8-4-3-7-18(19)20/h1-8,12,17,22,25H,9-11,13-14H2,(H,23,26)/t17-/m0/s1. The maximum atomic E-state index is 12.4. The predicted molar refractivity (Wildman–Crippen MR) is 102 cm³/mol. The molecule has 5 nitrogen and oxygen atoms in total. The highest BCUT2D eigenvalue weighted by atomic mass is 16.3. The molecule has 0 unspecified atom stereocenters. The Hall–Kier alpha value is -2.63. The molecule has 134 valence electrons. The number of aliphatic hydroxyl groups is 1. The number of para-hydroxylation sites is 1. The molecule has 3 N–H and O–H groups in total. The van der Waals surface area contributed by atoms with Crippen molar-refractivity contribution in [1.29, 1.82) is 0 Å². The first-order chi connectivity index (χ1) is 12.7. The average Bonchev–Trinajstić information content (AvgIpc) is 3.10. The Morgan fingerprint density at radius 3 is 2.81 bits per heavy atom. The van der Waals surface area contributed by atoms with Gasteiger partial charge in [0.1, 0.15) is 0 Å². The van der Waals surface area contributed by atoms with E-state index in [0.29, 0.717) is 12.1 Å². The molecule has 1 aliphatic rings. The van der Waals surface area contributed by atoms with Gasteiger partial charge >= 0.3 is 0 Å². The smallest absolute Gasteiger partial charge is 0.253 e. The quantitative estimate of drug-likeness (QED) is 0.662. The number of carbonyl (C=O) groups is 1. The minimum absolute atomic E-state index is 0.162. The van der Waals surface area contributed by atoms with Gasteiger partial charge in [0.2, 0.25) is 0 Å².